The average Bonchev–Trinajstić information content (AvgIpc) is 3.46. The van der Waals surface area contributed by atoms with Crippen LogP contribution >= 0.6 is 23.5 Å². The molecular formula is C27H22OS2. The molecule has 0 radical (unpaired) electrons. The van der Waals surface area contributed by atoms with Gasteiger partial charge in [0.25, 0.3) is 0 Å². The van der Waals surface area contributed by atoms with Gasteiger partial charge in [-0.2, -0.15) is 0 Å². The first-order chi connectivity index (χ1) is 14.8. The molecule has 1 aliphatic rings. The molecule has 0 aliphatic heterocycles. The summed E-state index contributed by atoms with van der Waals surface area (Å²) in [5.41, 5.74) is 2.43. The van der Waals surface area contributed by atoms with Gasteiger partial charge in [-0.15, -0.1) is 11.8 Å². The molecule has 30 heavy (non-hydrogen) atoms. The maximum Gasteiger partial charge on any atom is 0.172 e. The molecule has 2 atom stereocenters. The van der Waals surface area contributed by atoms with Crippen molar-refractivity contribution in [1.82, 2.24) is 0 Å². The quantitative estimate of drug-likeness (QED) is 0.279. The van der Waals surface area contributed by atoms with E-state index >= 15 is 0 Å². The Kier molecular flexibility index (Phi) is 5.56. The highest BCUT2D eigenvalue weighted by Gasteiger charge is 2.59. The van der Waals surface area contributed by atoms with E-state index in [0.717, 1.165) is 12.2 Å². The molecule has 3 heteroatoms. The van der Waals surface area contributed by atoms with Crippen molar-refractivity contribution in [3.63, 3.8) is 0 Å². The zero-order chi connectivity index (χ0) is 20.2. The summed E-state index contributed by atoms with van der Waals surface area (Å²) in [4.78, 5) is 2.30. The van der Waals surface area contributed by atoms with Crippen molar-refractivity contribution in [3.8, 4) is 16.9 Å². The van der Waals surface area contributed by atoms with Gasteiger partial charge in [0.15, 0.2) is 4.93 Å². The van der Waals surface area contributed by atoms with Gasteiger partial charge in [0.1, 0.15) is 5.75 Å². The summed E-state index contributed by atoms with van der Waals surface area (Å²) in [5, 5.41) is 0.416. The van der Waals surface area contributed by atoms with Crippen LogP contribution in [0.15, 0.2) is 125 Å². The van der Waals surface area contributed by atoms with Crippen molar-refractivity contribution in [3.05, 3.63) is 115 Å². The third-order valence-corrected chi connectivity index (χ3v) is 8.02. The second-order valence-corrected chi connectivity index (χ2v) is 9.99. The highest BCUT2D eigenvalue weighted by molar-refractivity contribution is 8.05. The maximum absolute atomic E-state index is 6.63. The van der Waals surface area contributed by atoms with Crippen LogP contribution in [0.25, 0.3) is 11.1 Å². The molecule has 1 aliphatic carbocycles. The first-order valence-corrected chi connectivity index (χ1v) is 11.8. The van der Waals surface area contributed by atoms with Gasteiger partial charge in [0, 0.05) is 16.2 Å². The Balaban J connectivity index is 1.36. The number of hydrogen-bond donors (Lipinski definition) is 0. The summed E-state index contributed by atoms with van der Waals surface area (Å²) in [6.07, 6.45) is 1.02. The van der Waals surface area contributed by atoms with Crippen LogP contribution in [0, 0.1) is 0 Å². The number of benzene rings is 4. The first-order valence-electron chi connectivity index (χ1n) is 10.1. The minimum Gasteiger partial charge on any atom is -0.475 e. The number of thioether (sulfide) groups is 2. The van der Waals surface area contributed by atoms with Crippen LogP contribution in [-0.2, 0) is 0 Å². The Morgan fingerprint density at radius 3 is 1.77 bits per heavy atom. The molecule has 0 saturated heterocycles. The fourth-order valence-corrected chi connectivity index (χ4v) is 6.27. The highest BCUT2D eigenvalue weighted by atomic mass is 32.2. The molecule has 1 fully saturated rings. The fraction of sp³-hybridized carbons (Fsp3) is 0.111. The molecule has 0 heterocycles. The molecule has 1 saturated carbocycles. The van der Waals surface area contributed by atoms with Crippen molar-refractivity contribution >= 4 is 23.5 Å². The number of hydrogen-bond acceptors (Lipinski definition) is 3. The van der Waals surface area contributed by atoms with Crippen molar-refractivity contribution in [2.75, 3.05) is 0 Å². The van der Waals surface area contributed by atoms with Crippen LogP contribution in [0.4, 0.5) is 0 Å². The molecule has 1 nitrogen and oxygen atoms in total. The van der Waals surface area contributed by atoms with E-state index in [4.69, 9.17) is 4.74 Å². The monoisotopic (exact) mass is 426 g/mol. The van der Waals surface area contributed by atoms with Crippen LogP contribution in [0.5, 0.6) is 5.75 Å². The molecule has 0 spiro atoms. The summed E-state index contributed by atoms with van der Waals surface area (Å²) in [6, 6.07) is 40.1. The third-order valence-electron chi connectivity index (χ3n) is 5.11. The summed E-state index contributed by atoms with van der Waals surface area (Å²) in [5.74, 6) is 0.925. The van der Waals surface area contributed by atoms with Crippen molar-refractivity contribution < 1.29 is 4.74 Å². The summed E-state index contributed by atoms with van der Waals surface area (Å²) in [6.45, 7) is 0. The van der Waals surface area contributed by atoms with Crippen LogP contribution in [0.3, 0.4) is 0 Å². The van der Waals surface area contributed by atoms with Crippen LogP contribution < -0.4 is 4.74 Å². The molecule has 0 bridgehead atoms. The maximum atomic E-state index is 6.63. The summed E-state index contributed by atoms with van der Waals surface area (Å²) >= 11 is 3.75. The lowest BCUT2D eigenvalue weighted by molar-refractivity contribution is 0.273. The zero-order valence-corrected chi connectivity index (χ0v) is 18.1. The van der Waals surface area contributed by atoms with E-state index in [-0.39, 0.29) is 4.93 Å². The van der Waals surface area contributed by atoms with Gasteiger partial charge < -0.3 is 4.74 Å². The smallest absolute Gasteiger partial charge is 0.172 e. The van der Waals surface area contributed by atoms with E-state index in [9.17, 15) is 0 Å². The predicted molar refractivity (Wildman–Crippen MR) is 128 cm³/mol. The van der Waals surface area contributed by atoms with E-state index < -0.39 is 0 Å². The largest absolute Gasteiger partial charge is 0.475 e. The number of rotatable bonds is 7. The average molecular weight is 427 g/mol. The van der Waals surface area contributed by atoms with Crippen molar-refractivity contribution in [2.45, 2.75) is 26.4 Å². The lowest BCUT2D eigenvalue weighted by atomic mass is 10.1. The van der Waals surface area contributed by atoms with E-state index in [1.807, 2.05) is 29.6 Å². The molecule has 0 N–H and O–H groups in total. The van der Waals surface area contributed by atoms with Gasteiger partial charge in [0.05, 0.1) is 5.25 Å². The number of ether oxygens (including phenoxy) is 1. The first kappa shape index (κ1) is 19.3. The van der Waals surface area contributed by atoms with Gasteiger partial charge in [-0.1, -0.05) is 90.6 Å². The Bertz CT molecular complexity index is 1080. The van der Waals surface area contributed by atoms with Gasteiger partial charge in [-0.25, -0.2) is 0 Å². The van der Waals surface area contributed by atoms with Gasteiger partial charge in [-0.05, 0) is 47.5 Å². The molecule has 0 amide bonds. The lowest BCUT2D eigenvalue weighted by Crippen LogP contribution is -2.17. The zero-order valence-electron chi connectivity index (χ0n) is 16.5. The van der Waals surface area contributed by atoms with Crippen molar-refractivity contribution in [1.29, 1.82) is 0 Å². The Morgan fingerprint density at radius 1 is 0.600 bits per heavy atom. The van der Waals surface area contributed by atoms with Crippen molar-refractivity contribution in [2.24, 2.45) is 0 Å². The molecule has 5 rings (SSSR count). The standard InChI is InChI=1S/C27H22OS2/c1-4-10-21(11-5-1)22-16-18-23(19-17-22)28-27(30-25-14-8-3-9-15-25)20-26(27)29-24-12-6-2-7-13-24/h1-19,26H,20H2. The highest BCUT2D eigenvalue weighted by Crippen LogP contribution is 2.59. The van der Waals surface area contributed by atoms with E-state index in [1.54, 1.807) is 0 Å². The Hall–Kier alpha value is -2.62. The van der Waals surface area contributed by atoms with Gasteiger partial charge in [-0.3, -0.25) is 0 Å². The Labute approximate surface area is 186 Å². The summed E-state index contributed by atoms with van der Waals surface area (Å²) in [7, 11) is 0. The molecular weight excluding hydrogens is 404 g/mol. The van der Waals surface area contributed by atoms with E-state index in [0.29, 0.717) is 5.25 Å². The second kappa shape index (κ2) is 8.63. The lowest BCUT2D eigenvalue weighted by Gasteiger charge is -2.20. The van der Waals surface area contributed by atoms with Crippen LogP contribution in [0.2, 0.25) is 0 Å². The van der Waals surface area contributed by atoms with Gasteiger partial charge in [0.2, 0.25) is 0 Å². The predicted octanol–water partition coefficient (Wildman–Crippen LogP) is 7.79. The molecule has 148 valence electrons. The minimum atomic E-state index is -0.240. The Morgan fingerprint density at radius 2 is 1.13 bits per heavy atom. The third kappa shape index (κ3) is 4.43. The van der Waals surface area contributed by atoms with Crippen LogP contribution in [-0.4, -0.2) is 10.2 Å². The minimum absolute atomic E-state index is 0.240. The SMILES string of the molecule is c1ccc(SC2CC2(Oc2ccc(-c3ccccc3)cc2)Sc2ccccc2)cc1. The molecule has 2 unspecified atom stereocenters. The summed E-state index contributed by atoms with van der Waals surface area (Å²) < 4.78 is 6.63. The van der Waals surface area contributed by atoms with E-state index in [2.05, 4.69) is 109 Å². The van der Waals surface area contributed by atoms with Crippen LogP contribution in [0.1, 0.15) is 6.42 Å². The van der Waals surface area contributed by atoms with E-state index in [1.165, 1.54) is 20.9 Å². The molecule has 4 aromatic carbocycles. The molecule has 0 aromatic heterocycles. The fourth-order valence-electron chi connectivity index (χ4n) is 3.46. The second-order valence-electron chi connectivity index (χ2n) is 7.34. The normalized spacial score (nSPS) is 19.9. The molecule has 4 aromatic rings. The van der Waals surface area contributed by atoms with Gasteiger partial charge >= 0.3 is 0 Å². The topological polar surface area (TPSA) is 9.23 Å².